The Hall–Kier alpha value is -3.81. The van der Waals surface area contributed by atoms with Crippen LogP contribution in [0.15, 0.2) is 72.8 Å². The number of anilines is 2. The van der Waals surface area contributed by atoms with E-state index in [9.17, 15) is 9.59 Å². The summed E-state index contributed by atoms with van der Waals surface area (Å²) in [6, 6.07) is 22.5. The summed E-state index contributed by atoms with van der Waals surface area (Å²) in [5, 5.41) is 11.7. The Morgan fingerprint density at radius 1 is 0.860 bits per heavy atom. The van der Waals surface area contributed by atoms with Gasteiger partial charge in [0.25, 0.3) is 0 Å². The van der Waals surface area contributed by atoms with Crippen molar-refractivity contribution >= 4 is 46.6 Å². The molecule has 43 heavy (non-hydrogen) atoms. The molecule has 2 N–H and O–H groups in total. The van der Waals surface area contributed by atoms with Crippen LogP contribution >= 0.6 is 23.2 Å². The van der Waals surface area contributed by atoms with Crippen molar-refractivity contribution in [3.63, 3.8) is 0 Å². The second-order valence-corrected chi connectivity index (χ2v) is 12.0. The summed E-state index contributed by atoms with van der Waals surface area (Å²) in [6.07, 6.45) is 1.65. The lowest BCUT2D eigenvalue weighted by molar-refractivity contribution is -0.116. The highest BCUT2D eigenvalue weighted by atomic mass is 35.5. The molecule has 0 aliphatic carbocycles. The fourth-order valence-electron chi connectivity index (χ4n) is 4.87. The van der Waals surface area contributed by atoms with Gasteiger partial charge in [0, 0.05) is 23.9 Å². The topological polar surface area (TPSA) is 79.3 Å². The van der Waals surface area contributed by atoms with E-state index in [4.69, 9.17) is 28.3 Å². The number of nitrogens with one attached hydrogen (secondary N) is 2. The summed E-state index contributed by atoms with van der Waals surface area (Å²) in [6.45, 7) is 10.8. The molecule has 0 fully saturated rings. The van der Waals surface area contributed by atoms with Crippen LogP contribution in [0.2, 0.25) is 10.0 Å². The molecule has 4 aromatic rings. The highest BCUT2D eigenvalue weighted by Crippen LogP contribution is 2.33. The SMILES string of the molecule is CCCCN(CC(=O)Nc1cc(-c2ccccc2)nn1-c1ccc(Cl)c(Cl)c1)C(=O)Nc1c(C(C)C)cccc1C(C)C. The Morgan fingerprint density at radius 3 is 2.14 bits per heavy atom. The molecular formula is C34H39Cl2N5O2. The molecule has 0 unspecified atom stereocenters. The molecule has 3 amide bonds. The highest BCUT2D eigenvalue weighted by molar-refractivity contribution is 6.42. The van der Waals surface area contributed by atoms with Gasteiger partial charge in [-0.1, -0.05) is 113 Å². The van der Waals surface area contributed by atoms with Crippen LogP contribution in [0.5, 0.6) is 0 Å². The number of urea groups is 1. The van der Waals surface area contributed by atoms with E-state index in [0.29, 0.717) is 33.8 Å². The van der Waals surface area contributed by atoms with Crippen LogP contribution in [0.1, 0.15) is 70.4 Å². The number of hydrogen-bond donors (Lipinski definition) is 2. The Kier molecular flexibility index (Phi) is 10.9. The van der Waals surface area contributed by atoms with Crippen molar-refractivity contribution in [1.82, 2.24) is 14.7 Å². The van der Waals surface area contributed by atoms with Gasteiger partial charge in [0.05, 0.1) is 21.4 Å². The zero-order valence-electron chi connectivity index (χ0n) is 25.3. The third-order valence-corrected chi connectivity index (χ3v) is 7.94. The Bertz CT molecular complexity index is 1540. The molecule has 0 spiro atoms. The van der Waals surface area contributed by atoms with Crippen molar-refractivity contribution in [2.24, 2.45) is 0 Å². The van der Waals surface area contributed by atoms with Gasteiger partial charge in [-0.05, 0) is 47.6 Å². The van der Waals surface area contributed by atoms with Gasteiger partial charge in [0.15, 0.2) is 0 Å². The monoisotopic (exact) mass is 619 g/mol. The third kappa shape index (κ3) is 7.98. The van der Waals surface area contributed by atoms with Crippen molar-refractivity contribution in [2.45, 2.75) is 59.3 Å². The summed E-state index contributed by atoms with van der Waals surface area (Å²) < 4.78 is 1.62. The smallest absolute Gasteiger partial charge is 0.315 e. The lowest BCUT2D eigenvalue weighted by atomic mass is 9.93. The van der Waals surface area contributed by atoms with E-state index < -0.39 is 0 Å². The van der Waals surface area contributed by atoms with E-state index in [1.165, 1.54) is 0 Å². The summed E-state index contributed by atoms with van der Waals surface area (Å²) in [7, 11) is 0. The summed E-state index contributed by atoms with van der Waals surface area (Å²) in [4.78, 5) is 28.8. The number of amides is 3. The van der Waals surface area contributed by atoms with Gasteiger partial charge in [-0.2, -0.15) is 5.10 Å². The van der Waals surface area contributed by atoms with Crippen LogP contribution in [-0.2, 0) is 4.79 Å². The largest absolute Gasteiger partial charge is 0.322 e. The van der Waals surface area contributed by atoms with Gasteiger partial charge >= 0.3 is 6.03 Å². The number of hydrogen-bond acceptors (Lipinski definition) is 3. The second-order valence-electron chi connectivity index (χ2n) is 11.2. The van der Waals surface area contributed by atoms with Gasteiger partial charge in [0.2, 0.25) is 5.91 Å². The minimum atomic E-state index is -0.340. The van der Waals surface area contributed by atoms with E-state index in [1.807, 2.05) is 48.5 Å². The normalized spacial score (nSPS) is 11.2. The molecular weight excluding hydrogens is 581 g/mol. The molecule has 3 aromatic carbocycles. The maximum atomic E-state index is 13.7. The van der Waals surface area contributed by atoms with Crippen molar-refractivity contribution in [3.05, 3.63) is 94.0 Å². The number of carbonyl (C=O) groups is 2. The third-order valence-electron chi connectivity index (χ3n) is 7.20. The molecule has 4 rings (SSSR count). The van der Waals surface area contributed by atoms with Crippen LogP contribution < -0.4 is 10.6 Å². The molecule has 0 atom stereocenters. The predicted molar refractivity (Wildman–Crippen MR) is 178 cm³/mol. The summed E-state index contributed by atoms with van der Waals surface area (Å²) in [5.41, 5.74) is 5.17. The number of carbonyl (C=O) groups excluding carboxylic acids is 2. The van der Waals surface area contributed by atoms with Gasteiger partial charge in [-0.3, -0.25) is 4.79 Å². The van der Waals surface area contributed by atoms with E-state index in [-0.39, 0.29) is 30.3 Å². The van der Waals surface area contributed by atoms with Crippen molar-refractivity contribution in [1.29, 1.82) is 0 Å². The fraction of sp³-hybridized carbons (Fsp3) is 0.324. The van der Waals surface area contributed by atoms with Gasteiger partial charge < -0.3 is 15.5 Å². The van der Waals surface area contributed by atoms with Crippen LogP contribution in [0.25, 0.3) is 16.9 Å². The molecule has 1 aromatic heterocycles. The zero-order chi connectivity index (χ0) is 31.1. The van der Waals surface area contributed by atoms with E-state index >= 15 is 0 Å². The Labute approximate surface area is 264 Å². The van der Waals surface area contributed by atoms with Crippen LogP contribution in [0.3, 0.4) is 0 Å². The average molecular weight is 621 g/mol. The molecule has 0 aliphatic heterocycles. The molecule has 0 saturated heterocycles. The first-order chi connectivity index (χ1) is 20.6. The molecule has 226 valence electrons. The van der Waals surface area contributed by atoms with Crippen molar-refractivity contribution in [3.8, 4) is 16.9 Å². The summed E-state index contributed by atoms with van der Waals surface area (Å²) >= 11 is 12.5. The van der Waals surface area contributed by atoms with E-state index in [2.05, 4.69) is 45.3 Å². The average Bonchev–Trinajstić information content (AvgIpc) is 3.40. The van der Waals surface area contributed by atoms with Gasteiger partial charge in [-0.25, -0.2) is 9.48 Å². The first-order valence-corrected chi connectivity index (χ1v) is 15.4. The number of para-hydroxylation sites is 1. The summed E-state index contributed by atoms with van der Waals surface area (Å²) in [5.74, 6) is 0.558. The van der Waals surface area contributed by atoms with Crippen LogP contribution in [0.4, 0.5) is 16.3 Å². The quantitative estimate of drug-likeness (QED) is 0.175. The number of rotatable bonds is 11. The minimum absolute atomic E-state index is 0.125. The molecule has 0 radical (unpaired) electrons. The first-order valence-electron chi connectivity index (χ1n) is 14.7. The van der Waals surface area contributed by atoms with E-state index in [1.54, 1.807) is 33.8 Å². The molecule has 0 bridgehead atoms. The molecule has 0 saturated carbocycles. The number of aromatic nitrogens is 2. The van der Waals surface area contributed by atoms with Crippen molar-refractivity contribution in [2.75, 3.05) is 23.7 Å². The number of unbranched alkanes of at least 4 members (excludes halogenated alkanes) is 1. The van der Waals surface area contributed by atoms with E-state index in [0.717, 1.165) is 35.2 Å². The first kappa shape index (κ1) is 32.1. The molecule has 7 nitrogen and oxygen atoms in total. The number of nitrogens with zero attached hydrogens (tertiary/aromatic N) is 3. The lowest BCUT2D eigenvalue weighted by Gasteiger charge is -2.26. The molecule has 0 aliphatic rings. The maximum absolute atomic E-state index is 13.7. The highest BCUT2D eigenvalue weighted by Gasteiger charge is 2.22. The van der Waals surface area contributed by atoms with Gasteiger partial charge in [-0.15, -0.1) is 0 Å². The van der Waals surface area contributed by atoms with Gasteiger partial charge in [0.1, 0.15) is 12.4 Å². The lowest BCUT2D eigenvalue weighted by Crippen LogP contribution is -2.41. The maximum Gasteiger partial charge on any atom is 0.322 e. The Balaban J connectivity index is 1.61. The Morgan fingerprint density at radius 2 is 1.53 bits per heavy atom. The minimum Gasteiger partial charge on any atom is -0.315 e. The van der Waals surface area contributed by atoms with Crippen LogP contribution in [-0.4, -0.2) is 39.7 Å². The standard InChI is InChI=1S/C34H39Cl2N5O2/c1-6-7-18-40(34(43)38-33-26(22(2)3)14-11-15-27(33)23(4)5)21-32(42)37-31-20-30(24-12-9-8-10-13-24)39-41(31)25-16-17-28(35)29(36)19-25/h8-17,19-20,22-23H,6-7,18,21H2,1-5H3,(H,37,42)(H,38,43). The van der Waals surface area contributed by atoms with Crippen LogP contribution in [0, 0.1) is 0 Å². The second kappa shape index (κ2) is 14.6. The van der Waals surface area contributed by atoms with Crippen molar-refractivity contribution < 1.29 is 9.59 Å². The fourth-order valence-corrected chi connectivity index (χ4v) is 5.16. The molecule has 9 heteroatoms. The zero-order valence-corrected chi connectivity index (χ0v) is 26.8. The number of halogens is 2. The number of benzene rings is 3. The predicted octanol–water partition coefficient (Wildman–Crippen LogP) is 9.37. The molecule has 1 heterocycles.